The average molecular weight is 581 g/mol. The van der Waals surface area contributed by atoms with Gasteiger partial charge < -0.3 is 9.30 Å². The molecule has 0 unspecified atom stereocenters. The number of alkyl halides is 3. The number of anilines is 1. The smallest absolute Gasteiger partial charge is 0.434 e. The molecule has 0 radical (unpaired) electrons. The lowest BCUT2D eigenvalue weighted by Gasteiger charge is -2.26. The van der Waals surface area contributed by atoms with Crippen LogP contribution in [0.15, 0.2) is 24.5 Å². The highest BCUT2D eigenvalue weighted by Gasteiger charge is 2.36. The third kappa shape index (κ3) is 4.80. The van der Waals surface area contributed by atoms with Crippen molar-refractivity contribution in [2.45, 2.75) is 59.0 Å². The lowest BCUT2D eigenvalue weighted by Crippen LogP contribution is -2.37. The van der Waals surface area contributed by atoms with E-state index < -0.39 is 17.7 Å². The Hall–Kier alpha value is -3.94. The molecule has 0 saturated heterocycles. The standard InChI is InChI=1S/C25H25ClF4N8O2/c1-5-35-12-18(25(28,29)30)32-23(35)20-16(27)8-14(9-17(20)40-4)11-36-19(39)6-7-37-24(36)33-22(34-37)21-15(26)10-31-38(21)13(2)3/h8-10,12-13H,5-7,11H2,1-4H3. The largest absolute Gasteiger partial charge is 0.496 e. The van der Waals surface area contributed by atoms with E-state index in [1.807, 2.05) is 13.8 Å². The predicted octanol–water partition coefficient (Wildman–Crippen LogP) is 5.36. The van der Waals surface area contributed by atoms with Crippen LogP contribution in [0.25, 0.3) is 22.9 Å². The lowest BCUT2D eigenvalue weighted by atomic mass is 10.1. The number of benzene rings is 1. The number of hydrogen-bond donors (Lipinski definition) is 0. The number of rotatable bonds is 7. The average Bonchev–Trinajstić information content (AvgIpc) is 3.61. The number of imidazole rings is 1. The van der Waals surface area contributed by atoms with Gasteiger partial charge in [0.1, 0.15) is 23.1 Å². The third-order valence-corrected chi connectivity index (χ3v) is 6.77. The molecule has 0 N–H and O–H groups in total. The number of carbonyl (C=O) groups excluding carboxylic acids is 1. The summed E-state index contributed by atoms with van der Waals surface area (Å²) in [6.07, 6.45) is -2.23. The van der Waals surface area contributed by atoms with Gasteiger partial charge in [0.25, 0.3) is 0 Å². The number of fused-ring (bicyclic) bond motifs is 1. The molecule has 10 nitrogen and oxygen atoms in total. The molecule has 0 spiro atoms. The second kappa shape index (κ2) is 10.2. The van der Waals surface area contributed by atoms with Crippen molar-refractivity contribution in [3.8, 4) is 28.7 Å². The number of nitrogens with zero attached hydrogens (tertiary/aromatic N) is 8. The van der Waals surface area contributed by atoms with Crippen LogP contribution in [-0.4, -0.2) is 47.1 Å². The number of methoxy groups -OCH3 is 1. The number of aromatic nitrogens is 7. The number of hydrogen-bond acceptors (Lipinski definition) is 6. The summed E-state index contributed by atoms with van der Waals surface area (Å²) >= 11 is 6.37. The minimum atomic E-state index is -4.70. The fourth-order valence-corrected chi connectivity index (χ4v) is 4.83. The SMILES string of the molecule is CCn1cc(C(F)(F)F)nc1-c1c(F)cc(CN2C(=O)CCn3nc(-c4c(Cl)cnn4C(C)C)nc32)cc1OC. The number of amides is 1. The Bertz CT molecular complexity index is 1590. The Kier molecular flexibility index (Phi) is 7.06. The predicted molar refractivity (Wildman–Crippen MR) is 137 cm³/mol. The summed E-state index contributed by atoms with van der Waals surface area (Å²) in [6.45, 7) is 5.82. The van der Waals surface area contributed by atoms with E-state index >= 15 is 4.39 Å². The molecular weight excluding hydrogens is 556 g/mol. The maximum absolute atomic E-state index is 15.5. The van der Waals surface area contributed by atoms with Gasteiger partial charge in [-0.25, -0.2) is 14.1 Å². The van der Waals surface area contributed by atoms with Gasteiger partial charge in [0.2, 0.25) is 17.7 Å². The van der Waals surface area contributed by atoms with E-state index in [2.05, 4.69) is 20.2 Å². The molecule has 1 aliphatic heterocycles. The first-order chi connectivity index (χ1) is 18.9. The molecule has 0 fully saturated rings. The van der Waals surface area contributed by atoms with Crippen LogP contribution in [0.5, 0.6) is 5.75 Å². The zero-order valence-corrected chi connectivity index (χ0v) is 22.8. The highest BCUT2D eigenvalue weighted by Crippen LogP contribution is 2.38. The maximum atomic E-state index is 15.5. The fourth-order valence-electron chi connectivity index (χ4n) is 4.61. The molecule has 5 rings (SSSR count). The van der Waals surface area contributed by atoms with E-state index in [4.69, 9.17) is 16.3 Å². The van der Waals surface area contributed by atoms with Gasteiger partial charge in [-0.3, -0.25) is 14.4 Å². The van der Waals surface area contributed by atoms with Crippen molar-refractivity contribution < 1.29 is 27.1 Å². The molecule has 4 aromatic rings. The zero-order valence-electron chi connectivity index (χ0n) is 22.0. The van der Waals surface area contributed by atoms with Crippen LogP contribution in [0.3, 0.4) is 0 Å². The van der Waals surface area contributed by atoms with E-state index in [1.165, 1.54) is 28.8 Å². The minimum Gasteiger partial charge on any atom is -0.496 e. The first-order valence-corrected chi connectivity index (χ1v) is 12.8. The molecule has 3 aromatic heterocycles. The number of aryl methyl sites for hydroxylation is 2. The van der Waals surface area contributed by atoms with E-state index in [9.17, 15) is 18.0 Å². The van der Waals surface area contributed by atoms with Crippen LogP contribution in [0, 0.1) is 5.82 Å². The summed E-state index contributed by atoms with van der Waals surface area (Å²) in [4.78, 5) is 22.5. The Morgan fingerprint density at radius 3 is 2.60 bits per heavy atom. The molecule has 0 saturated carbocycles. The Morgan fingerprint density at radius 2 is 1.95 bits per heavy atom. The number of ether oxygens (including phenoxy) is 1. The van der Waals surface area contributed by atoms with Crippen molar-refractivity contribution in [1.82, 2.24) is 34.1 Å². The van der Waals surface area contributed by atoms with Gasteiger partial charge in [-0.2, -0.15) is 23.3 Å². The van der Waals surface area contributed by atoms with Gasteiger partial charge in [-0.15, -0.1) is 5.10 Å². The van der Waals surface area contributed by atoms with Crippen LogP contribution in [0.4, 0.5) is 23.5 Å². The van der Waals surface area contributed by atoms with E-state index in [-0.39, 0.29) is 60.4 Å². The summed E-state index contributed by atoms with van der Waals surface area (Å²) in [5.74, 6) is -0.802. The topological polar surface area (TPSA) is 95.9 Å². The minimum absolute atomic E-state index is 0.0229. The van der Waals surface area contributed by atoms with E-state index in [0.717, 1.165) is 12.3 Å². The van der Waals surface area contributed by atoms with Crippen molar-refractivity contribution in [1.29, 1.82) is 0 Å². The molecule has 212 valence electrons. The number of carbonyl (C=O) groups is 1. The van der Waals surface area contributed by atoms with Crippen molar-refractivity contribution in [3.63, 3.8) is 0 Å². The van der Waals surface area contributed by atoms with Crippen molar-refractivity contribution in [2.75, 3.05) is 12.0 Å². The van der Waals surface area contributed by atoms with Gasteiger partial charge in [0.05, 0.1) is 37.0 Å². The van der Waals surface area contributed by atoms with Crippen LogP contribution >= 0.6 is 11.6 Å². The molecule has 40 heavy (non-hydrogen) atoms. The quantitative estimate of drug-likeness (QED) is 0.273. The zero-order chi connectivity index (χ0) is 28.9. The summed E-state index contributed by atoms with van der Waals surface area (Å²) in [5, 5.41) is 9.17. The van der Waals surface area contributed by atoms with Gasteiger partial charge in [0.15, 0.2) is 5.69 Å². The van der Waals surface area contributed by atoms with Gasteiger partial charge in [-0.1, -0.05) is 11.6 Å². The molecule has 0 aliphatic carbocycles. The van der Waals surface area contributed by atoms with Crippen LogP contribution in [-0.2, 0) is 30.6 Å². The lowest BCUT2D eigenvalue weighted by molar-refractivity contribution is -0.140. The Labute approximate surface area is 231 Å². The van der Waals surface area contributed by atoms with Crippen LogP contribution < -0.4 is 9.64 Å². The van der Waals surface area contributed by atoms with Crippen molar-refractivity contribution in [3.05, 3.63) is 46.6 Å². The molecule has 0 atom stereocenters. The van der Waals surface area contributed by atoms with Crippen LogP contribution in [0.1, 0.15) is 44.5 Å². The molecule has 4 heterocycles. The summed E-state index contributed by atoms with van der Waals surface area (Å²) in [7, 11) is 1.28. The first-order valence-electron chi connectivity index (χ1n) is 12.4. The van der Waals surface area contributed by atoms with E-state index in [0.29, 0.717) is 22.8 Å². The van der Waals surface area contributed by atoms with Crippen LogP contribution in [0.2, 0.25) is 5.02 Å². The van der Waals surface area contributed by atoms with Crippen molar-refractivity contribution in [2.24, 2.45) is 0 Å². The second-order valence-electron chi connectivity index (χ2n) is 9.46. The monoisotopic (exact) mass is 580 g/mol. The summed E-state index contributed by atoms with van der Waals surface area (Å²) in [6, 6.07) is 2.59. The molecule has 0 bridgehead atoms. The number of halogens is 5. The molecule has 1 aromatic carbocycles. The first kappa shape index (κ1) is 27.6. The summed E-state index contributed by atoms with van der Waals surface area (Å²) < 4.78 is 65.3. The second-order valence-corrected chi connectivity index (χ2v) is 9.86. The van der Waals surface area contributed by atoms with Gasteiger partial charge >= 0.3 is 6.18 Å². The van der Waals surface area contributed by atoms with Gasteiger partial charge in [0, 0.05) is 25.2 Å². The summed E-state index contributed by atoms with van der Waals surface area (Å²) in [5.41, 5.74) is -0.508. The molecule has 15 heteroatoms. The highest BCUT2D eigenvalue weighted by atomic mass is 35.5. The molecule has 1 aliphatic rings. The Balaban J connectivity index is 1.52. The van der Waals surface area contributed by atoms with Gasteiger partial charge in [-0.05, 0) is 38.5 Å². The van der Waals surface area contributed by atoms with Crippen molar-refractivity contribution >= 4 is 23.5 Å². The fraction of sp³-hybridized carbons (Fsp3) is 0.400. The third-order valence-electron chi connectivity index (χ3n) is 6.49. The molecular formula is C25H25ClF4N8O2. The highest BCUT2D eigenvalue weighted by molar-refractivity contribution is 6.32. The Morgan fingerprint density at radius 1 is 1.20 bits per heavy atom. The maximum Gasteiger partial charge on any atom is 0.434 e. The van der Waals surface area contributed by atoms with E-state index in [1.54, 1.807) is 16.3 Å². The normalized spacial score (nSPS) is 13.8. The molecule has 1 amide bonds.